The predicted molar refractivity (Wildman–Crippen MR) is 276 cm³/mol. The second-order valence-electron chi connectivity index (χ2n) is 16.4. The lowest BCUT2D eigenvalue weighted by atomic mass is 9.89. The van der Waals surface area contributed by atoms with Crippen molar-refractivity contribution in [3.05, 3.63) is 249 Å². The van der Waals surface area contributed by atoms with E-state index >= 15 is 0 Å². The van der Waals surface area contributed by atoms with Crippen LogP contribution < -0.4 is 4.90 Å². The first-order valence-corrected chi connectivity index (χ1v) is 22.7. The van der Waals surface area contributed by atoms with Crippen LogP contribution in [-0.2, 0) is 0 Å². The highest BCUT2D eigenvalue weighted by molar-refractivity contribution is 7.26. The molecule has 2 heteroatoms. The molecule has 0 fully saturated rings. The molecule has 0 unspecified atom stereocenters. The molecule has 1 aromatic heterocycles. The van der Waals surface area contributed by atoms with E-state index in [1.54, 1.807) is 0 Å². The van der Waals surface area contributed by atoms with E-state index in [1.165, 1.54) is 97.4 Å². The Hall–Kier alpha value is -8.04. The lowest BCUT2D eigenvalue weighted by Crippen LogP contribution is -2.10. The SMILES string of the molecule is c1ccc(-c2ccccc2-c2ccccc2-c2ccc(N(c3ccc(-c4cccc5ccccc45)cc3)c3ccc(-c4cccc5ccccc45)c4sc5ccccc5c34)cc2)cc1. The van der Waals surface area contributed by atoms with E-state index in [9.17, 15) is 0 Å². The summed E-state index contributed by atoms with van der Waals surface area (Å²) in [5.74, 6) is 0. The van der Waals surface area contributed by atoms with Gasteiger partial charge >= 0.3 is 0 Å². The van der Waals surface area contributed by atoms with Crippen LogP contribution in [0.5, 0.6) is 0 Å². The Morgan fingerprint density at radius 1 is 0.266 bits per heavy atom. The number of rotatable bonds is 8. The van der Waals surface area contributed by atoms with Gasteiger partial charge in [0.15, 0.2) is 0 Å². The number of hydrogen-bond acceptors (Lipinski definition) is 2. The second kappa shape index (κ2) is 16.0. The molecule has 0 spiro atoms. The molecule has 0 atom stereocenters. The molecule has 12 rings (SSSR count). The summed E-state index contributed by atoms with van der Waals surface area (Å²) in [6.07, 6.45) is 0. The Kier molecular flexibility index (Phi) is 9.43. The average Bonchev–Trinajstić information content (AvgIpc) is 3.77. The van der Waals surface area contributed by atoms with Crippen LogP contribution in [0, 0.1) is 0 Å². The van der Waals surface area contributed by atoms with Crippen LogP contribution in [0.1, 0.15) is 0 Å². The third-order valence-electron chi connectivity index (χ3n) is 12.7. The fourth-order valence-corrected chi connectivity index (χ4v) is 11.0. The zero-order chi connectivity index (χ0) is 42.4. The Morgan fingerprint density at radius 2 is 0.703 bits per heavy atom. The zero-order valence-electron chi connectivity index (χ0n) is 35.0. The second-order valence-corrected chi connectivity index (χ2v) is 17.4. The molecule has 0 aliphatic heterocycles. The first-order chi connectivity index (χ1) is 31.8. The predicted octanol–water partition coefficient (Wildman–Crippen LogP) is 18.2. The first-order valence-electron chi connectivity index (χ1n) is 21.9. The van der Waals surface area contributed by atoms with E-state index in [0.717, 1.165) is 17.1 Å². The van der Waals surface area contributed by atoms with Gasteiger partial charge in [-0.25, -0.2) is 0 Å². The highest BCUT2D eigenvalue weighted by atomic mass is 32.1. The lowest BCUT2D eigenvalue weighted by molar-refractivity contribution is 1.30. The summed E-state index contributed by atoms with van der Waals surface area (Å²) in [6.45, 7) is 0. The Balaban J connectivity index is 1.04. The molecule has 64 heavy (non-hydrogen) atoms. The van der Waals surface area contributed by atoms with Gasteiger partial charge in [-0.2, -0.15) is 0 Å². The lowest BCUT2D eigenvalue weighted by Gasteiger charge is -2.27. The molecule has 0 aliphatic carbocycles. The average molecular weight is 832 g/mol. The molecule has 11 aromatic carbocycles. The van der Waals surface area contributed by atoms with Crippen molar-refractivity contribution in [2.45, 2.75) is 0 Å². The first kappa shape index (κ1) is 37.7. The van der Waals surface area contributed by atoms with Crippen LogP contribution in [0.25, 0.3) is 97.4 Å². The fourth-order valence-electron chi connectivity index (χ4n) is 9.71. The number of thiophene rings is 1. The van der Waals surface area contributed by atoms with E-state index in [4.69, 9.17) is 0 Å². The van der Waals surface area contributed by atoms with Gasteiger partial charge in [0.05, 0.1) is 5.69 Å². The van der Waals surface area contributed by atoms with E-state index in [-0.39, 0.29) is 0 Å². The minimum atomic E-state index is 1.10. The van der Waals surface area contributed by atoms with Crippen molar-refractivity contribution in [2.75, 3.05) is 4.90 Å². The summed E-state index contributed by atoms with van der Waals surface area (Å²) in [7, 11) is 0. The summed E-state index contributed by atoms with van der Waals surface area (Å²) >= 11 is 1.89. The van der Waals surface area contributed by atoms with Crippen molar-refractivity contribution in [1.29, 1.82) is 0 Å². The van der Waals surface area contributed by atoms with Gasteiger partial charge in [-0.3, -0.25) is 0 Å². The third-order valence-corrected chi connectivity index (χ3v) is 13.9. The minimum Gasteiger partial charge on any atom is -0.310 e. The number of hydrogen-bond donors (Lipinski definition) is 0. The molecule has 0 saturated carbocycles. The van der Waals surface area contributed by atoms with Crippen LogP contribution in [0.15, 0.2) is 249 Å². The molecule has 1 nitrogen and oxygen atoms in total. The largest absolute Gasteiger partial charge is 0.310 e. The van der Waals surface area contributed by atoms with Gasteiger partial charge in [-0.15, -0.1) is 11.3 Å². The molecule has 300 valence electrons. The van der Waals surface area contributed by atoms with E-state index in [1.807, 2.05) is 11.3 Å². The zero-order valence-corrected chi connectivity index (χ0v) is 35.8. The maximum absolute atomic E-state index is 2.46. The van der Waals surface area contributed by atoms with Crippen molar-refractivity contribution >= 4 is 70.1 Å². The van der Waals surface area contributed by atoms with Crippen molar-refractivity contribution in [3.63, 3.8) is 0 Å². The van der Waals surface area contributed by atoms with E-state index < -0.39 is 0 Å². The Bertz CT molecular complexity index is 3650. The normalized spacial score (nSPS) is 11.4. The summed E-state index contributed by atoms with van der Waals surface area (Å²) < 4.78 is 2.57. The Labute approximate surface area is 377 Å². The molecule has 0 aliphatic rings. The van der Waals surface area contributed by atoms with Gasteiger partial charge in [0.2, 0.25) is 0 Å². The van der Waals surface area contributed by atoms with Crippen LogP contribution in [0.3, 0.4) is 0 Å². The fraction of sp³-hybridized carbons (Fsp3) is 0. The molecular weight excluding hydrogens is 791 g/mol. The molecule has 0 bridgehead atoms. The molecule has 0 amide bonds. The molecular formula is C62H41NS. The smallest absolute Gasteiger partial charge is 0.0555 e. The topological polar surface area (TPSA) is 3.24 Å². The van der Waals surface area contributed by atoms with Gasteiger partial charge in [-0.1, -0.05) is 212 Å². The minimum absolute atomic E-state index is 1.10. The maximum atomic E-state index is 2.46. The summed E-state index contributed by atoms with van der Waals surface area (Å²) in [6, 6.07) is 90.9. The number of nitrogens with zero attached hydrogens (tertiary/aromatic N) is 1. The quantitative estimate of drug-likeness (QED) is 0.147. The number of benzene rings is 11. The highest BCUT2D eigenvalue weighted by Gasteiger charge is 2.22. The Morgan fingerprint density at radius 3 is 1.33 bits per heavy atom. The van der Waals surface area contributed by atoms with Crippen LogP contribution in [-0.4, -0.2) is 0 Å². The number of anilines is 3. The van der Waals surface area contributed by atoms with Gasteiger partial charge < -0.3 is 4.90 Å². The molecule has 0 N–H and O–H groups in total. The monoisotopic (exact) mass is 831 g/mol. The molecule has 12 aromatic rings. The maximum Gasteiger partial charge on any atom is 0.0555 e. The van der Waals surface area contributed by atoms with Gasteiger partial charge in [0, 0.05) is 37.1 Å². The number of fused-ring (bicyclic) bond motifs is 5. The summed E-state index contributed by atoms with van der Waals surface area (Å²) in [5, 5.41) is 7.54. The highest BCUT2D eigenvalue weighted by Crippen LogP contribution is 2.50. The van der Waals surface area contributed by atoms with Crippen LogP contribution in [0.4, 0.5) is 17.1 Å². The van der Waals surface area contributed by atoms with E-state index in [2.05, 4.69) is 254 Å². The van der Waals surface area contributed by atoms with Crippen LogP contribution >= 0.6 is 11.3 Å². The van der Waals surface area contributed by atoms with Crippen molar-refractivity contribution in [1.82, 2.24) is 0 Å². The third kappa shape index (κ3) is 6.55. The summed E-state index contributed by atoms with van der Waals surface area (Å²) in [5.41, 5.74) is 15.5. The van der Waals surface area contributed by atoms with Gasteiger partial charge in [0.25, 0.3) is 0 Å². The van der Waals surface area contributed by atoms with Crippen molar-refractivity contribution in [2.24, 2.45) is 0 Å². The van der Waals surface area contributed by atoms with Crippen molar-refractivity contribution < 1.29 is 0 Å². The molecule has 0 saturated heterocycles. The standard InChI is InChI=1S/C62H41NS/c1-2-16-42(17-3-1)51-24-8-10-26-54(51)55-27-11-9-25-53(55)46-34-38-48(39-35-46)63(47-36-32-45(33-37-47)50-29-14-20-43-18-4-6-22-49(43)50)59-41-40-57(56-30-15-21-44-19-5-7-23-52(44)56)62-61(59)58-28-12-13-31-60(58)64-62/h1-41H. The van der Waals surface area contributed by atoms with Gasteiger partial charge in [-0.05, 0) is 108 Å². The van der Waals surface area contributed by atoms with Crippen LogP contribution in [0.2, 0.25) is 0 Å². The van der Waals surface area contributed by atoms with Gasteiger partial charge in [0.1, 0.15) is 0 Å². The molecule has 0 radical (unpaired) electrons. The summed E-state index contributed by atoms with van der Waals surface area (Å²) in [4.78, 5) is 2.46. The van der Waals surface area contributed by atoms with E-state index in [0.29, 0.717) is 0 Å². The molecule has 1 heterocycles. The van der Waals surface area contributed by atoms with Crippen molar-refractivity contribution in [3.8, 4) is 55.6 Å².